The molecular weight excluding hydrogens is 180 g/mol. The minimum atomic E-state index is -0.821. The number of aromatic nitrogens is 1. The maximum absolute atomic E-state index is 10.5. The summed E-state index contributed by atoms with van der Waals surface area (Å²) in [5, 5.41) is 9.78. The van der Waals surface area contributed by atoms with Crippen molar-refractivity contribution in [3.8, 4) is 0 Å². The van der Waals surface area contributed by atoms with Crippen molar-refractivity contribution in [3.05, 3.63) is 30.1 Å². The third-order valence-corrected chi connectivity index (χ3v) is 2.23. The highest BCUT2D eigenvalue weighted by Crippen LogP contribution is 2.18. The van der Waals surface area contributed by atoms with Crippen molar-refractivity contribution in [1.82, 2.24) is 4.98 Å². The van der Waals surface area contributed by atoms with E-state index in [4.69, 9.17) is 5.73 Å². The Labute approximate surface area is 82.8 Å². The van der Waals surface area contributed by atoms with Gasteiger partial charge in [-0.1, -0.05) is 6.92 Å². The van der Waals surface area contributed by atoms with Gasteiger partial charge >= 0.3 is 0 Å². The second kappa shape index (κ2) is 4.83. The molecule has 0 fully saturated rings. The van der Waals surface area contributed by atoms with Gasteiger partial charge in [0.05, 0.1) is 6.10 Å². The van der Waals surface area contributed by atoms with Crippen LogP contribution in [0.5, 0.6) is 0 Å². The molecule has 0 aliphatic heterocycles. The van der Waals surface area contributed by atoms with Crippen LogP contribution < -0.4 is 5.73 Å². The van der Waals surface area contributed by atoms with Gasteiger partial charge < -0.3 is 15.6 Å². The monoisotopic (exact) mass is 194 g/mol. The van der Waals surface area contributed by atoms with E-state index in [1.54, 1.807) is 31.5 Å². The minimum Gasteiger partial charge on any atom is -0.387 e. The number of aliphatic hydroxyl groups is 1. The lowest BCUT2D eigenvalue weighted by Gasteiger charge is -2.21. The Bertz CT molecular complexity index is 289. The van der Waals surface area contributed by atoms with E-state index in [9.17, 15) is 9.90 Å². The quantitative estimate of drug-likeness (QED) is 0.675. The molecule has 1 heterocycles. The van der Waals surface area contributed by atoms with Crippen LogP contribution in [0.1, 0.15) is 18.6 Å². The van der Waals surface area contributed by atoms with Gasteiger partial charge in [-0.15, -0.1) is 0 Å². The van der Waals surface area contributed by atoms with Crippen LogP contribution in [0.2, 0.25) is 0 Å². The predicted molar refractivity (Wildman–Crippen MR) is 52.4 cm³/mol. The molecule has 0 aromatic carbocycles. The number of pyridine rings is 1. The molecule has 1 aromatic rings. The summed E-state index contributed by atoms with van der Waals surface area (Å²) in [5.41, 5.74) is 6.38. The van der Waals surface area contributed by atoms with Crippen molar-refractivity contribution in [2.24, 2.45) is 11.7 Å². The first-order valence-corrected chi connectivity index (χ1v) is 4.45. The number of hydrogen-bond donors (Lipinski definition) is 2. The van der Waals surface area contributed by atoms with Crippen LogP contribution in [-0.4, -0.2) is 22.4 Å². The van der Waals surface area contributed by atoms with Crippen molar-refractivity contribution in [2.75, 3.05) is 0 Å². The number of rotatable bonds is 4. The Morgan fingerprint density at radius 2 is 2.07 bits per heavy atom. The number of carbonyl (C=O) groups excluding carboxylic acids is 1. The Hall–Kier alpha value is -1.26. The molecule has 0 spiro atoms. The van der Waals surface area contributed by atoms with Gasteiger partial charge in [0.25, 0.3) is 0 Å². The second-order valence-corrected chi connectivity index (χ2v) is 3.30. The van der Waals surface area contributed by atoms with Crippen LogP contribution in [0.25, 0.3) is 0 Å². The molecule has 0 aliphatic carbocycles. The van der Waals surface area contributed by atoms with Gasteiger partial charge in [0, 0.05) is 24.4 Å². The average Bonchev–Trinajstić information content (AvgIpc) is 2.27. The molecule has 3 N–H and O–H groups in total. The van der Waals surface area contributed by atoms with E-state index in [1.807, 2.05) is 0 Å². The lowest BCUT2D eigenvalue weighted by atomic mass is 9.95. The fraction of sp³-hybridized carbons (Fsp3) is 0.400. The standard InChI is InChI=1S/C10H14N2O2/c1-7(6-13)9(11)10(14)8-2-4-12-5-3-8/h2-7,9-10,14H,11H2,1H3. The molecule has 3 atom stereocenters. The maximum Gasteiger partial charge on any atom is 0.124 e. The van der Waals surface area contributed by atoms with Gasteiger partial charge in [0.15, 0.2) is 0 Å². The molecule has 0 bridgehead atoms. The second-order valence-electron chi connectivity index (χ2n) is 3.30. The molecule has 0 saturated heterocycles. The fourth-order valence-corrected chi connectivity index (χ4v) is 1.16. The van der Waals surface area contributed by atoms with Crippen LogP contribution >= 0.6 is 0 Å². The van der Waals surface area contributed by atoms with E-state index in [-0.39, 0.29) is 5.92 Å². The number of hydrogen-bond acceptors (Lipinski definition) is 4. The lowest BCUT2D eigenvalue weighted by Crippen LogP contribution is -2.35. The average molecular weight is 194 g/mol. The van der Waals surface area contributed by atoms with E-state index >= 15 is 0 Å². The Kier molecular flexibility index (Phi) is 3.73. The highest BCUT2D eigenvalue weighted by atomic mass is 16.3. The largest absolute Gasteiger partial charge is 0.387 e. The van der Waals surface area contributed by atoms with Gasteiger partial charge in [-0.2, -0.15) is 0 Å². The summed E-state index contributed by atoms with van der Waals surface area (Å²) in [6, 6.07) is 2.79. The van der Waals surface area contributed by atoms with Crippen molar-refractivity contribution < 1.29 is 9.90 Å². The summed E-state index contributed by atoms with van der Waals surface area (Å²) >= 11 is 0. The van der Waals surface area contributed by atoms with Gasteiger partial charge in [-0.3, -0.25) is 4.98 Å². The molecule has 14 heavy (non-hydrogen) atoms. The molecule has 3 unspecified atom stereocenters. The molecule has 0 amide bonds. The normalized spacial score (nSPS) is 17.1. The minimum absolute atomic E-state index is 0.363. The van der Waals surface area contributed by atoms with Crippen LogP contribution in [0, 0.1) is 5.92 Å². The molecule has 4 heteroatoms. The summed E-state index contributed by atoms with van der Waals surface area (Å²) in [4.78, 5) is 14.3. The highest BCUT2D eigenvalue weighted by molar-refractivity contribution is 5.54. The number of nitrogens with zero attached hydrogens (tertiary/aromatic N) is 1. The van der Waals surface area contributed by atoms with E-state index in [1.165, 1.54) is 0 Å². The van der Waals surface area contributed by atoms with Crippen LogP contribution in [0.4, 0.5) is 0 Å². The smallest absolute Gasteiger partial charge is 0.124 e. The van der Waals surface area contributed by atoms with Crippen LogP contribution in [0.3, 0.4) is 0 Å². The number of carbonyl (C=O) groups is 1. The van der Waals surface area contributed by atoms with Gasteiger partial charge in [0.2, 0.25) is 0 Å². The summed E-state index contributed by atoms with van der Waals surface area (Å²) < 4.78 is 0. The summed E-state index contributed by atoms with van der Waals surface area (Å²) in [6.07, 6.45) is 3.08. The zero-order valence-corrected chi connectivity index (χ0v) is 8.00. The molecule has 0 radical (unpaired) electrons. The lowest BCUT2D eigenvalue weighted by molar-refractivity contribution is -0.112. The van der Waals surface area contributed by atoms with E-state index in [0.717, 1.165) is 6.29 Å². The molecule has 0 saturated carbocycles. The SMILES string of the molecule is CC(C=O)C(N)C(O)c1ccncc1. The van der Waals surface area contributed by atoms with Gasteiger partial charge in [-0.05, 0) is 17.7 Å². The van der Waals surface area contributed by atoms with Crippen molar-refractivity contribution in [1.29, 1.82) is 0 Å². The van der Waals surface area contributed by atoms with E-state index in [0.29, 0.717) is 5.56 Å². The Morgan fingerprint density at radius 1 is 1.50 bits per heavy atom. The van der Waals surface area contributed by atoms with Gasteiger partial charge in [0.1, 0.15) is 6.29 Å². The summed E-state index contributed by atoms with van der Waals surface area (Å²) in [7, 11) is 0. The van der Waals surface area contributed by atoms with E-state index < -0.39 is 12.1 Å². The zero-order valence-electron chi connectivity index (χ0n) is 8.00. The molecular formula is C10H14N2O2. The number of nitrogens with two attached hydrogens (primary N) is 1. The van der Waals surface area contributed by atoms with Crippen LogP contribution in [-0.2, 0) is 4.79 Å². The third-order valence-electron chi connectivity index (χ3n) is 2.23. The Morgan fingerprint density at radius 3 is 2.57 bits per heavy atom. The molecule has 0 aliphatic rings. The first-order valence-electron chi connectivity index (χ1n) is 4.45. The van der Waals surface area contributed by atoms with Gasteiger partial charge in [-0.25, -0.2) is 0 Å². The Balaban J connectivity index is 2.75. The van der Waals surface area contributed by atoms with Crippen molar-refractivity contribution >= 4 is 6.29 Å². The zero-order chi connectivity index (χ0) is 10.6. The third kappa shape index (κ3) is 2.37. The van der Waals surface area contributed by atoms with Crippen molar-refractivity contribution in [3.63, 3.8) is 0 Å². The highest BCUT2D eigenvalue weighted by Gasteiger charge is 2.22. The van der Waals surface area contributed by atoms with E-state index in [2.05, 4.69) is 4.98 Å². The molecule has 4 nitrogen and oxygen atoms in total. The molecule has 76 valence electrons. The van der Waals surface area contributed by atoms with Crippen molar-refractivity contribution in [2.45, 2.75) is 19.1 Å². The molecule has 1 rings (SSSR count). The fourth-order valence-electron chi connectivity index (χ4n) is 1.16. The maximum atomic E-state index is 10.5. The predicted octanol–water partition coefficient (Wildman–Crippen LogP) is 0.277. The first kappa shape index (κ1) is 10.8. The topological polar surface area (TPSA) is 76.2 Å². The first-order chi connectivity index (χ1) is 6.66. The summed E-state index contributed by atoms with van der Waals surface area (Å²) in [6.45, 7) is 1.68. The number of aliphatic hydroxyl groups excluding tert-OH is 1. The number of aldehydes is 1. The summed E-state index contributed by atoms with van der Waals surface area (Å²) in [5.74, 6) is -0.363. The van der Waals surface area contributed by atoms with Crippen LogP contribution in [0.15, 0.2) is 24.5 Å². The molecule has 1 aromatic heterocycles.